The van der Waals surface area contributed by atoms with Crippen LogP contribution >= 0.6 is 0 Å². The van der Waals surface area contributed by atoms with Gasteiger partial charge in [0.1, 0.15) is 0 Å². The number of carbonyl (C=O) groups excluding carboxylic acids is 1. The molecule has 0 bridgehead atoms. The summed E-state index contributed by atoms with van der Waals surface area (Å²) in [6.07, 6.45) is 8.77. The average Bonchev–Trinajstić information content (AvgIpc) is 2.68. The molecular formula is C22H29F2N3O. The van der Waals surface area contributed by atoms with Gasteiger partial charge in [0.05, 0.1) is 0 Å². The molecule has 0 aromatic heterocycles. The molecule has 0 radical (unpaired) electrons. The maximum Gasteiger partial charge on any atom is 0.272 e. The summed E-state index contributed by atoms with van der Waals surface area (Å²) in [6, 6.07) is 4.16. The van der Waals surface area contributed by atoms with E-state index in [0.717, 1.165) is 39.4 Å². The van der Waals surface area contributed by atoms with Gasteiger partial charge in [-0.1, -0.05) is 30.7 Å². The Morgan fingerprint density at radius 3 is 2.57 bits per heavy atom. The van der Waals surface area contributed by atoms with Gasteiger partial charge in [-0.3, -0.25) is 9.69 Å². The molecule has 1 atom stereocenters. The summed E-state index contributed by atoms with van der Waals surface area (Å²) in [5.41, 5.74) is 7.13. The van der Waals surface area contributed by atoms with Gasteiger partial charge in [0, 0.05) is 56.5 Å². The summed E-state index contributed by atoms with van der Waals surface area (Å²) in [7, 11) is 0. The molecule has 1 heterocycles. The van der Waals surface area contributed by atoms with Gasteiger partial charge >= 0.3 is 0 Å². The fraction of sp³-hybridized carbons (Fsp3) is 0.500. The predicted molar refractivity (Wildman–Crippen MR) is 108 cm³/mol. The number of carbonyl (C=O) groups is 1. The van der Waals surface area contributed by atoms with Crippen LogP contribution in [0.2, 0.25) is 0 Å². The number of rotatable bonds is 5. The fourth-order valence-electron chi connectivity index (χ4n) is 3.92. The van der Waals surface area contributed by atoms with Gasteiger partial charge in [-0.15, -0.1) is 0 Å². The number of piperazine rings is 1. The molecular weight excluding hydrogens is 360 g/mol. The molecule has 28 heavy (non-hydrogen) atoms. The first-order chi connectivity index (χ1) is 13.3. The van der Waals surface area contributed by atoms with Crippen LogP contribution in [0.5, 0.6) is 0 Å². The maximum atomic E-state index is 13.7. The molecule has 1 saturated heterocycles. The molecule has 1 aromatic rings. The van der Waals surface area contributed by atoms with Crippen molar-refractivity contribution < 1.29 is 13.6 Å². The van der Waals surface area contributed by atoms with Crippen LogP contribution in [0.25, 0.3) is 0 Å². The first-order valence-electron chi connectivity index (χ1n) is 9.90. The Balaban J connectivity index is 1.58. The van der Waals surface area contributed by atoms with E-state index < -0.39 is 5.92 Å². The highest BCUT2D eigenvalue weighted by Gasteiger charge is 2.29. The molecule has 3 rings (SSSR count). The molecule has 2 aliphatic rings. The van der Waals surface area contributed by atoms with Crippen LogP contribution in [0.1, 0.15) is 42.6 Å². The summed E-state index contributed by atoms with van der Waals surface area (Å²) in [6.45, 7) is 6.83. The molecule has 1 aliphatic carbocycles. The minimum atomic E-state index is -3.07. The van der Waals surface area contributed by atoms with Crippen molar-refractivity contribution in [1.82, 2.24) is 9.80 Å². The van der Waals surface area contributed by atoms with Crippen LogP contribution in [-0.4, -0.2) is 48.4 Å². The van der Waals surface area contributed by atoms with E-state index in [1.165, 1.54) is 23.8 Å². The smallest absolute Gasteiger partial charge is 0.272 e. The lowest BCUT2D eigenvalue weighted by molar-refractivity contribution is 0.0182. The van der Waals surface area contributed by atoms with Crippen molar-refractivity contribution in [1.29, 1.82) is 0 Å². The number of hydrogen-bond donors (Lipinski definition) is 1. The van der Waals surface area contributed by atoms with Gasteiger partial charge in [-0.05, 0) is 37.0 Å². The van der Waals surface area contributed by atoms with Crippen molar-refractivity contribution >= 4 is 11.6 Å². The summed E-state index contributed by atoms with van der Waals surface area (Å²) >= 11 is 0. The van der Waals surface area contributed by atoms with Gasteiger partial charge in [-0.25, -0.2) is 8.78 Å². The van der Waals surface area contributed by atoms with Gasteiger partial charge in [0.15, 0.2) is 0 Å². The lowest BCUT2D eigenvalue weighted by atomic mass is 9.93. The molecule has 1 unspecified atom stereocenters. The third-order valence-corrected chi connectivity index (χ3v) is 5.64. The first-order valence-corrected chi connectivity index (χ1v) is 9.90. The lowest BCUT2D eigenvalue weighted by Crippen LogP contribution is -2.49. The van der Waals surface area contributed by atoms with E-state index >= 15 is 0 Å². The summed E-state index contributed by atoms with van der Waals surface area (Å²) < 4.78 is 27.4. The van der Waals surface area contributed by atoms with Crippen LogP contribution in [0.3, 0.4) is 0 Å². The molecule has 6 heteroatoms. The Morgan fingerprint density at radius 2 is 1.96 bits per heavy atom. The minimum absolute atomic E-state index is 0.00900. The molecule has 4 nitrogen and oxygen atoms in total. The second kappa shape index (κ2) is 8.43. The predicted octanol–water partition coefficient (Wildman–Crippen LogP) is 4.05. The van der Waals surface area contributed by atoms with Crippen molar-refractivity contribution in [3.05, 3.63) is 53.1 Å². The molecule has 1 aliphatic heterocycles. The first kappa shape index (κ1) is 20.5. The number of nitrogens with zero attached hydrogens (tertiary/aromatic N) is 2. The van der Waals surface area contributed by atoms with E-state index in [1.807, 2.05) is 0 Å². The highest BCUT2D eigenvalue weighted by atomic mass is 19.3. The maximum absolute atomic E-state index is 13.7. The Labute approximate surface area is 165 Å². The third-order valence-electron chi connectivity index (χ3n) is 5.64. The van der Waals surface area contributed by atoms with E-state index in [-0.39, 0.29) is 22.7 Å². The number of alkyl halides is 2. The lowest BCUT2D eigenvalue weighted by Gasteiger charge is -2.36. The highest BCUT2D eigenvalue weighted by Crippen LogP contribution is 2.32. The summed E-state index contributed by atoms with van der Waals surface area (Å²) in [5, 5.41) is 0. The van der Waals surface area contributed by atoms with E-state index in [2.05, 4.69) is 30.1 Å². The average molecular weight is 389 g/mol. The van der Waals surface area contributed by atoms with Gasteiger partial charge in [-0.2, -0.15) is 0 Å². The normalized spacial score (nSPS) is 19.4. The molecule has 152 valence electrons. The number of anilines is 1. The Bertz CT molecular complexity index is 774. The second-order valence-electron chi connectivity index (χ2n) is 7.89. The molecule has 2 N–H and O–H groups in total. The molecule has 0 saturated carbocycles. The number of nitrogens with two attached hydrogens (primary N) is 1. The third kappa shape index (κ3) is 4.79. The highest BCUT2D eigenvalue weighted by molar-refractivity contribution is 5.95. The Morgan fingerprint density at radius 1 is 1.25 bits per heavy atom. The zero-order chi connectivity index (χ0) is 20.3. The van der Waals surface area contributed by atoms with Crippen molar-refractivity contribution in [2.24, 2.45) is 5.92 Å². The zero-order valence-corrected chi connectivity index (χ0v) is 16.6. The summed E-state index contributed by atoms with van der Waals surface area (Å²) in [5.74, 6) is -2.78. The Hall–Kier alpha value is -2.21. The molecule has 1 fully saturated rings. The van der Waals surface area contributed by atoms with Crippen molar-refractivity contribution in [3.63, 3.8) is 0 Å². The number of benzene rings is 1. The van der Waals surface area contributed by atoms with Gasteiger partial charge < -0.3 is 10.6 Å². The number of nitrogen functional groups attached to an aromatic ring is 1. The van der Waals surface area contributed by atoms with Crippen molar-refractivity contribution in [2.45, 2.75) is 32.6 Å². The van der Waals surface area contributed by atoms with Crippen LogP contribution in [0.4, 0.5) is 14.5 Å². The van der Waals surface area contributed by atoms with Crippen molar-refractivity contribution in [3.8, 4) is 0 Å². The van der Waals surface area contributed by atoms with E-state index in [1.54, 1.807) is 4.90 Å². The van der Waals surface area contributed by atoms with E-state index in [4.69, 9.17) is 5.73 Å². The molecule has 1 aromatic carbocycles. The molecule has 0 spiro atoms. The minimum Gasteiger partial charge on any atom is -0.398 e. The summed E-state index contributed by atoms with van der Waals surface area (Å²) in [4.78, 5) is 16.9. The number of hydrogen-bond acceptors (Lipinski definition) is 3. The monoisotopic (exact) mass is 389 g/mol. The number of halogens is 2. The zero-order valence-electron chi connectivity index (χ0n) is 16.6. The molecule has 1 amide bonds. The largest absolute Gasteiger partial charge is 0.398 e. The number of allylic oxidation sites excluding steroid dienone is 3. The van der Waals surface area contributed by atoms with Gasteiger partial charge in [0.25, 0.3) is 11.8 Å². The van der Waals surface area contributed by atoms with Crippen LogP contribution in [0.15, 0.2) is 42.0 Å². The van der Waals surface area contributed by atoms with E-state index in [0.29, 0.717) is 19.0 Å². The van der Waals surface area contributed by atoms with Crippen LogP contribution in [0, 0.1) is 5.92 Å². The topological polar surface area (TPSA) is 49.6 Å². The van der Waals surface area contributed by atoms with Crippen LogP contribution < -0.4 is 5.73 Å². The Kier molecular flexibility index (Phi) is 6.18. The number of amides is 1. The standard InChI is InChI=1S/C22H29F2N3O/c1-16(17-6-4-3-5-7-17)15-26-10-12-27(13-11-26)21(28)18-8-9-20(25)19(14-18)22(2,23)24/h3-4,6,8-9,14,16H,5,7,10-13,15,25H2,1-2H3. The second-order valence-corrected chi connectivity index (χ2v) is 7.89. The SMILES string of the molecule is CC(CN1CCN(C(=O)c2ccc(N)c(C(C)(F)F)c2)CC1)C1=CC=CCC1. The van der Waals surface area contributed by atoms with Crippen LogP contribution in [-0.2, 0) is 5.92 Å². The van der Waals surface area contributed by atoms with E-state index in [9.17, 15) is 13.6 Å². The fourth-order valence-corrected chi connectivity index (χ4v) is 3.92. The quantitative estimate of drug-likeness (QED) is 0.773. The van der Waals surface area contributed by atoms with Crippen molar-refractivity contribution in [2.75, 3.05) is 38.5 Å². The van der Waals surface area contributed by atoms with Gasteiger partial charge in [0.2, 0.25) is 0 Å².